The van der Waals surface area contributed by atoms with E-state index in [2.05, 4.69) is 11.7 Å². The minimum atomic E-state index is -1.28. The average molecular weight is 358 g/mol. The van der Waals surface area contributed by atoms with Crippen LogP contribution in [0.25, 0.3) is 0 Å². The Bertz CT molecular complexity index is 621. The van der Waals surface area contributed by atoms with Crippen molar-refractivity contribution in [2.45, 2.75) is 83.7 Å². The van der Waals surface area contributed by atoms with Crippen molar-refractivity contribution in [1.29, 1.82) is 0 Å². The Balaban J connectivity index is 1.68. The number of hydrogen-bond acceptors (Lipinski definition) is 4. The summed E-state index contributed by atoms with van der Waals surface area (Å²) >= 11 is 0. The van der Waals surface area contributed by atoms with E-state index in [-0.39, 0.29) is 6.47 Å². The van der Waals surface area contributed by atoms with Gasteiger partial charge in [-0.25, -0.2) is 0 Å². The first-order valence-corrected chi connectivity index (χ1v) is 9.99. The molecule has 0 saturated heterocycles. The van der Waals surface area contributed by atoms with Crippen molar-refractivity contribution in [3.8, 4) is 0 Å². The van der Waals surface area contributed by atoms with Crippen molar-refractivity contribution in [2.24, 2.45) is 0 Å². The SMILES string of the molecule is CCCCCCCCCCCCc1ccc2c(c1)C(=O)C(OC=O)C2=O. The van der Waals surface area contributed by atoms with E-state index in [1.54, 1.807) is 12.1 Å². The zero-order valence-corrected chi connectivity index (χ0v) is 15.8. The van der Waals surface area contributed by atoms with E-state index >= 15 is 0 Å². The number of benzene rings is 1. The largest absolute Gasteiger partial charge is 0.448 e. The number of rotatable bonds is 13. The molecular formula is C22H30O4. The molecule has 0 fully saturated rings. The first kappa shape index (κ1) is 20.3. The number of hydrogen-bond donors (Lipinski definition) is 0. The lowest BCUT2D eigenvalue weighted by molar-refractivity contribution is -0.130. The van der Waals surface area contributed by atoms with Crippen LogP contribution in [0, 0.1) is 0 Å². The second-order valence-electron chi connectivity index (χ2n) is 7.15. The highest BCUT2D eigenvalue weighted by atomic mass is 16.5. The zero-order chi connectivity index (χ0) is 18.8. The van der Waals surface area contributed by atoms with E-state index in [9.17, 15) is 14.4 Å². The zero-order valence-electron chi connectivity index (χ0n) is 15.8. The lowest BCUT2D eigenvalue weighted by atomic mass is 10.0. The van der Waals surface area contributed by atoms with E-state index in [0.717, 1.165) is 18.4 Å². The Labute approximate surface area is 156 Å². The van der Waals surface area contributed by atoms with Gasteiger partial charge in [-0.1, -0.05) is 76.8 Å². The molecule has 0 spiro atoms. The Morgan fingerprint density at radius 3 is 2.04 bits per heavy atom. The Morgan fingerprint density at radius 2 is 1.42 bits per heavy atom. The highest BCUT2D eigenvalue weighted by molar-refractivity contribution is 6.29. The second kappa shape index (κ2) is 10.9. The highest BCUT2D eigenvalue weighted by Crippen LogP contribution is 2.26. The molecule has 1 atom stereocenters. The summed E-state index contributed by atoms with van der Waals surface area (Å²) in [4.78, 5) is 34.7. The molecule has 0 bridgehead atoms. The molecule has 4 nitrogen and oxygen atoms in total. The molecule has 26 heavy (non-hydrogen) atoms. The van der Waals surface area contributed by atoms with Gasteiger partial charge in [-0.2, -0.15) is 0 Å². The maximum absolute atomic E-state index is 12.2. The minimum Gasteiger partial charge on any atom is -0.448 e. The molecule has 0 N–H and O–H groups in total. The monoisotopic (exact) mass is 358 g/mol. The van der Waals surface area contributed by atoms with Gasteiger partial charge in [0.2, 0.25) is 17.7 Å². The summed E-state index contributed by atoms with van der Waals surface area (Å²) in [6.45, 7) is 2.41. The first-order chi connectivity index (χ1) is 12.7. The molecule has 0 amide bonds. The smallest absolute Gasteiger partial charge is 0.294 e. The Hall–Kier alpha value is -1.97. The maximum Gasteiger partial charge on any atom is 0.294 e. The van der Waals surface area contributed by atoms with Crippen molar-refractivity contribution in [3.63, 3.8) is 0 Å². The summed E-state index contributed by atoms with van der Waals surface area (Å²) < 4.78 is 4.64. The fraction of sp³-hybridized carbons (Fsp3) is 0.591. The van der Waals surface area contributed by atoms with Gasteiger partial charge in [-0.15, -0.1) is 0 Å². The number of ether oxygens (including phenoxy) is 1. The van der Waals surface area contributed by atoms with Gasteiger partial charge >= 0.3 is 0 Å². The standard InChI is InChI=1S/C22H30O4/c1-2-3-4-5-6-7-8-9-10-11-12-17-13-14-18-19(15-17)21(25)22(20(18)24)26-16-23/h13-16,22H,2-12H2,1H3. The van der Waals surface area contributed by atoms with Crippen LogP contribution in [0.3, 0.4) is 0 Å². The maximum atomic E-state index is 12.2. The van der Waals surface area contributed by atoms with E-state index in [0.29, 0.717) is 11.1 Å². The predicted octanol–water partition coefficient (Wildman–Crippen LogP) is 5.07. The number of ketones is 2. The number of carbonyl (C=O) groups excluding carboxylic acids is 3. The van der Waals surface area contributed by atoms with E-state index in [1.807, 2.05) is 6.07 Å². The molecule has 0 aliphatic heterocycles. The van der Waals surface area contributed by atoms with E-state index < -0.39 is 17.7 Å². The van der Waals surface area contributed by atoms with Crippen LogP contribution in [0.15, 0.2) is 18.2 Å². The van der Waals surface area contributed by atoms with Gasteiger partial charge in [-0.3, -0.25) is 14.4 Å². The van der Waals surface area contributed by atoms with Gasteiger partial charge in [0.05, 0.1) is 0 Å². The third-order valence-electron chi connectivity index (χ3n) is 5.10. The molecule has 1 aromatic rings. The lowest BCUT2D eigenvalue weighted by Gasteiger charge is -2.04. The number of Topliss-reactive ketones (excluding diaryl/α,β-unsaturated/α-hetero) is 2. The highest BCUT2D eigenvalue weighted by Gasteiger charge is 2.40. The topological polar surface area (TPSA) is 60.4 Å². The van der Waals surface area contributed by atoms with Crippen LogP contribution in [0.2, 0.25) is 0 Å². The fourth-order valence-corrected chi connectivity index (χ4v) is 3.56. The van der Waals surface area contributed by atoms with Gasteiger partial charge in [0.15, 0.2) is 0 Å². The quantitative estimate of drug-likeness (QED) is 0.280. The molecule has 1 aliphatic carbocycles. The van der Waals surface area contributed by atoms with E-state index in [1.165, 1.54) is 57.8 Å². The summed E-state index contributed by atoms with van der Waals surface area (Å²) in [5.41, 5.74) is 1.83. The molecule has 142 valence electrons. The van der Waals surface area contributed by atoms with Crippen LogP contribution in [-0.2, 0) is 16.0 Å². The molecule has 1 aromatic carbocycles. The summed E-state index contributed by atoms with van der Waals surface area (Å²) in [5, 5.41) is 0. The molecule has 0 aromatic heterocycles. The Morgan fingerprint density at radius 1 is 0.846 bits per heavy atom. The van der Waals surface area contributed by atoms with Gasteiger partial charge < -0.3 is 4.74 Å². The average Bonchev–Trinajstić information content (AvgIpc) is 2.88. The molecule has 0 saturated carbocycles. The third-order valence-corrected chi connectivity index (χ3v) is 5.10. The molecule has 4 heteroatoms. The van der Waals surface area contributed by atoms with Crippen LogP contribution in [0.5, 0.6) is 0 Å². The summed E-state index contributed by atoms with van der Waals surface area (Å²) in [5.74, 6) is -0.815. The van der Waals surface area contributed by atoms with Crippen LogP contribution in [-0.4, -0.2) is 24.1 Å². The fourth-order valence-electron chi connectivity index (χ4n) is 3.56. The normalized spacial score (nSPS) is 16.0. The number of carbonyl (C=O) groups is 3. The lowest BCUT2D eigenvalue weighted by Crippen LogP contribution is -2.25. The molecule has 2 rings (SSSR count). The summed E-state index contributed by atoms with van der Waals surface area (Å²) in [6.07, 6.45) is 12.5. The van der Waals surface area contributed by atoms with Crippen LogP contribution < -0.4 is 0 Å². The minimum absolute atomic E-state index is 0.164. The van der Waals surface area contributed by atoms with Gasteiger partial charge in [0, 0.05) is 11.1 Å². The number of unbranched alkanes of at least 4 members (excludes halogenated alkanes) is 9. The van der Waals surface area contributed by atoms with Crippen LogP contribution in [0.4, 0.5) is 0 Å². The Kier molecular flexibility index (Phi) is 8.52. The van der Waals surface area contributed by atoms with Gasteiger partial charge in [0.1, 0.15) is 0 Å². The summed E-state index contributed by atoms with van der Waals surface area (Å²) in [6, 6.07) is 5.38. The molecule has 0 heterocycles. The predicted molar refractivity (Wildman–Crippen MR) is 102 cm³/mol. The summed E-state index contributed by atoms with van der Waals surface area (Å²) in [7, 11) is 0. The third kappa shape index (κ3) is 5.52. The number of fused-ring (bicyclic) bond motifs is 1. The van der Waals surface area contributed by atoms with Crippen molar-refractivity contribution >= 4 is 18.0 Å². The van der Waals surface area contributed by atoms with Crippen LogP contribution >= 0.6 is 0 Å². The van der Waals surface area contributed by atoms with Crippen molar-refractivity contribution in [3.05, 3.63) is 34.9 Å². The number of aryl methyl sites for hydroxylation is 1. The van der Waals surface area contributed by atoms with Crippen molar-refractivity contribution in [2.75, 3.05) is 0 Å². The van der Waals surface area contributed by atoms with Crippen molar-refractivity contribution < 1.29 is 19.1 Å². The molecule has 1 unspecified atom stereocenters. The molecule has 1 aliphatic rings. The van der Waals surface area contributed by atoms with Gasteiger partial charge in [-0.05, 0) is 24.5 Å². The molecular weight excluding hydrogens is 328 g/mol. The van der Waals surface area contributed by atoms with Gasteiger partial charge in [0.25, 0.3) is 6.47 Å². The van der Waals surface area contributed by atoms with Crippen molar-refractivity contribution in [1.82, 2.24) is 0 Å². The second-order valence-corrected chi connectivity index (χ2v) is 7.15. The van der Waals surface area contributed by atoms with Crippen LogP contribution in [0.1, 0.15) is 97.4 Å². The van der Waals surface area contributed by atoms with E-state index in [4.69, 9.17) is 0 Å². The molecule has 0 radical (unpaired) electrons. The first-order valence-electron chi connectivity index (χ1n) is 9.99.